The molecule has 1 unspecified atom stereocenters. The van der Waals surface area contributed by atoms with Crippen molar-refractivity contribution >= 4 is 5.84 Å². The van der Waals surface area contributed by atoms with Crippen LogP contribution in [0.4, 0.5) is 0 Å². The third-order valence-corrected chi connectivity index (χ3v) is 2.40. The highest BCUT2D eigenvalue weighted by atomic mass is 16.5. The van der Waals surface area contributed by atoms with E-state index in [2.05, 4.69) is 5.16 Å². The molecular weight excluding hydrogens is 196 g/mol. The Hall–Kier alpha value is -1.91. The van der Waals surface area contributed by atoms with Crippen molar-refractivity contribution in [2.24, 2.45) is 10.9 Å². The van der Waals surface area contributed by atoms with Crippen LogP contribution in [0.2, 0.25) is 0 Å². The Kier molecular flexibility index (Phi) is 2.15. The Balaban J connectivity index is 2.49. The Bertz CT molecular complexity index is 429. The highest BCUT2D eigenvalue weighted by Crippen LogP contribution is 2.34. The summed E-state index contributed by atoms with van der Waals surface area (Å²) < 4.78 is 5.49. The van der Waals surface area contributed by atoms with Crippen LogP contribution in [0.1, 0.15) is 18.1 Å². The number of aromatic hydroxyl groups is 1. The van der Waals surface area contributed by atoms with E-state index >= 15 is 0 Å². The van der Waals surface area contributed by atoms with Crippen LogP contribution in [0.25, 0.3) is 0 Å². The quantitative estimate of drug-likeness (QED) is 0.276. The van der Waals surface area contributed by atoms with Gasteiger partial charge in [0.2, 0.25) is 0 Å². The van der Waals surface area contributed by atoms with E-state index in [1.54, 1.807) is 12.1 Å². The zero-order valence-electron chi connectivity index (χ0n) is 8.27. The zero-order valence-corrected chi connectivity index (χ0v) is 8.27. The zero-order chi connectivity index (χ0) is 11.0. The molecule has 0 bridgehead atoms. The molecule has 2 rings (SSSR count). The molecule has 0 amide bonds. The summed E-state index contributed by atoms with van der Waals surface area (Å²) in [5, 5.41) is 21.0. The van der Waals surface area contributed by atoms with Gasteiger partial charge in [-0.15, -0.1) is 0 Å². The van der Waals surface area contributed by atoms with Crippen LogP contribution < -0.4 is 10.5 Å². The number of hydrogen-bond acceptors (Lipinski definition) is 4. The molecule has 0 spiro atoms. The predicted molar refractivity (Wildman–Crippen MR) is 54.4 cm³/mol. The monoisotopic (exact) mass is 208 g/mol. The molecule has 4 N–H and O–H groups in total. The number of rotatable bonds is 1. The maximum atomic E-state index is 9.63. The standard InChI is InChI=1S/C10H12N2O3/c1-5-2-6-3-8(13)7(10(11)12-14)4-9(6)15-5/h3-5,13-14H,2H2,1H3,(H2,11,12). The molecule has 0 aromatic heterocycles. The lowest BCUT2D eigenvalue weighted by Crippen LogP contribution is -2.13. The van der Waals surface area contributed by atoms with E-state index in [1.165, 1.54) is 0 Å². The SMILES string of the molecule is CC1Cc2cc(O)c(/C(N)=N\O)cc2O1. The van der Waals surface area contributed by atoms with Gasteiger partial charge in [-0.05, 0) is 19.1 Å². The van der Waals surface area contributed by atoms with E-state index in [4.69, 9.17) is 15.7 Å². The van der Waals surface area contributed by atoms with Crippen molar-refractivity contribution < 1.29 is 15.1 Å². The van der Waals surface area contributed by atoms with E-state index in [9.17, 15) is 5.11 Å². The number of nitrogens with two attached hydrogens (primary N) is 1. The maximum absolute atomic E-state index is 9.63. The van der Waals surface area contributed by atoms with Crippen LogP contribution in [0, 0.1) is 0 Å². The molecule has 15 heavy (non-hydrogen) atoms. The normalized spacial score (nSPS) is 19.8. The van der Waals surface area contributed by atoms with Gasteiger partial charge in [-0.25, -0.2) is 0 Å². The lowest BCUT2D eigenvalue weighted by atomic mass is 10.1. The minimum absolute atomic E-state index is 0.00162. The van der Waals surface area contributed by atoms with Gasteiger partial charge in [0.25, 0.3) is 0 Å². The summed E-state index contributed by atoms with van der Waals surface area (Å²) in [6.07, 6.45) is 0.862. The Morgan fingerprint density at radius 1 is 1.60 bits per heavy atom. The lowest BCUT2D eigenvalue weighted by Gasteiger charge is -2.06. The van der Waals surface area contributed by atoms with E-state index in [-0.39, 0.29) is 23.3 Å². The van der Waals surface area contributed by atoms with E-state index < -0.39 is 0 Å². The topological polar surface area (TPSA) is 88.1 Å². The second-order valence-electron chi connectivity index (χ2n) is 3.59. The predicted octanol–water partition coefficient (Wildman–Crippen LogP) is 0.810. The number of amidine groups is 1. The summed E-state index contributed by atoms with van der Waals surface area (Å²) >= 11 is 0. The van der Waals surface area contributed by atoms with Crippen molar-refractivity contribution in [2.45, 2.75) is 19.4 Å². The van der Waals surface area contributed by atoms with Gasteiger partial charge < -0.3 is 20.8 Å². The van der Waals surface area contributed by atoms with Gasteiger partial charge in [-0.3, -0.25) is 0 Å². The molecule has 0 radical (unpaired) electrons. The first kappa shape index (κ1) is 9.64. The second-order valence-corrected chi connectivity index (χ2v) is 3.59. The molecule has 0 fully saturated rings. The average Bonchev–Trinajstić information content (AvgIpc) is 2.55. The van der Waals surface area contributed by atoms with Gasteiger partial charge >= 0.3 is 0 Å². The third kappa shape index (κ3) is 1.56. The highest BCUT2D eigenvalue weighted by molar-refractivity contribution is 6.00. The number of benzene rings is 1. The van der Waals surface area contributed by atoms with Crippen LogP contribution in [-0.2, 0) is 6.42 Å². The van der Waals surface area contributed by atoms with Crippen molar-refractivity contribution in [1.29, 1.82) is 0 Å². The number of oxime groups is 1. The molecular formula is C10H12N2O3. The molecule has 0 aliphatic carbocycles. The van der Waals surface area contributed by atoms with E-state index in [1.807, 2.05) is 6.92 Å². The Morgan fingerprint density at radius 3 is 3.00 bits per heavy atom. The molecule has 1 aliphatic heterocycles. The summed E-state index contributed by atoms with van der Waals surface area (Å²) in [5.74, 6) is 0.558. The van der Waals surface area contributed by atoms with Gasteiger partial charge in [-0.1, -0.05) is 5.16 Å². The molecule has 1 aromatic carbocycles. The van der Waals surface area contributed by atoms with Crippen LogP contribution in [0.3, 0.4) is 0 Å². The number of ether oxygens (including phenoxy) is 1. The lowest BCUT2D eigenvalue weighted by molar-refractivity contribution is 0.254. The van der Waals surface area contributed by atoms with Crippen LogP contribution in [-0.4, -0.2) is 22.3 Å². The number of fused-ring (bicyclic) bond motifs is 1. The second kappa shape index (κ2) is 3.34. The minimum Gasteiger partial charge on any atom is -0.507 e. The van der Waals surface area contributed by atoms with Crippen LogP contribution >= 0.6 is 0 Å². The van der Waals surface area contributed by atoms with Gasteiger partial charge in [0, 0.05) is 12.0 Å². The summed E-state index contributed by atoms with van der Waals surface area (Å²) in [6, 6.07) is 3.18. The van der Waals surface area contributed by atoms with Crippen molar-refractivity contribution in [3.8, 4) is 11.5 Å². The fraction of sp³-hybridized carbons (Fsp3) is 0.300. The Morgan fingerprint density at radius 2 is 2.33 bits per heavy atom. The molecule has 1 heterocycles. The largest absolute Gasteiger partial charge is 0.507 e. The van der Waals surface area contributed by atoms with Crippen molar-refractivity contribution in [3.63, 3.8) is 0 Å². The van der Waals surface area contributed by atoms with Crippen molar-refractivity contribution in [3.05, 3.63) is 23.3 Å². The summed E-state index contributed by atoms with van der Waals surface area (Å²) in [5.41, 5.74) is 6.63. The first-order chi connectivity index (χ1) is 7.11. The molecule has 80 valence electrons. The van der Waals surface area contributed by atoms with Crippen molar-refractivity contribution in [2.75, 3.05) is 0 Å². The average molecular weight is 208 g/mol. The first-order valence-electron chi connectivity index (χ1n) is 4.62. The summed E-state index contributed by atoms with van der Waals surface area (Å²) in [4.78, 5) is 0. The third-order valence-electron chi connectivity index (χ3n) is 2.40. The van der Waals surface area contributed by atoms with Crippen LogP contribution in [0.15, 0.2) is 17.3 Å². The van der Waals surface area contributed by atoms with E-state index in [0.717, 1.165) is 12.0 Å². The van der Waals surface area contributed by atoms with Gasteiger partial charge in [0.15, 0.2) is 5.84 Å². The number of nitrogens with zero attached hydrogens (tertiary/aromatic N) is 1. The molecule has 5 nitrogen and oxygen atoms in total. The first-order valence-corrected chi connectivity index (χ1v) is 4.62. The number of phenolic OH excluding ortho intramolecular Hbond substituents is 1. The minimum atomic E-state index is -0.126. The smallest absolute Gasteiger partial charge is 0.173 e. The number of phenols is 1. The fourth-order valence-corrected chi connectivity index (χ4v) is 1.71. The molecule has 5 heteroatoms. The fourth-order valence-electron chi connectivity index (χ4n) is 1.71. The van der Waals surface area contributed by atoms with Gasteiger partial charge in [-0.2, -0.15) is 0 Å². The van der Waals surface area contributed by atoms with Crippen LogP contribution in [0.5, 0.6) is 11.5 Å². The molecule has 0 saturated heterocycles. The molecule has 1 aromatic rings. The van der Waals surface area contributed by atoms with Gasteiger partial charge in [0.05, 0.1) is 5.56 Å². The van der Waals surface area contributed by atoms with Crippen molar-refractivity contribution in [1.82, 2.24) is 0 Å². The Labute approximate surface area is 86.8 Å². The molecule has 1 atom stereocenters. The van der Waals surface area contributed by atoms with Gasteiger partial charge in [0.1, 0.15) is 17.6 Å². The van der Waals surface area contributed by atoms with E-state index in [0.29, 0.717) is 5.75 Å². The molecule has 0 saturated carbocycles. The number of hydrogen-bond donors (Lipinski definition) is 3. The molecule has 1 aliphatic rings. The maximum Gasteiger partial charge on any atom is 0.173 e. The highest BCUT2D eigenvalue weighted by Gasteiger charge is 2.22. The summed E-state index contributed by atoms with van der Waals surface area (Å²) in [6.45, 7) is 1.94. The summed E-state index contributed by atoms with van der Waals surface area (Å²) in [7, 11) is 0.